The molecule has 0 aliphatic heterocycles. The summed E-state index contributed by atoms with van der Waals surface area (Å²) in [5.41, 5.74) is -2.66. The van der Waals surface area contributed by atoms with Crippen LogP contribution in [0.3, 0.4) is 0 Å². The summed E-state index contributed by atoms with van der Waals surface area (Å²) in [7, 11) is 0. The minimum atomic E-state index is -4.85. The summed E-state index contributed by atoms with van der Waals surface area (Å²) in [6.07, 6.45) is -8.60. The van der Waals surface area contributed by atoms with Gasteiger partial charge in [-0.05, 0) is 28.9 Å². The molecule has 9 heteroatoms. The van der Waals surface area contributed by atoms with E-state index in [4.69, 9.17) is 0 Å². The molecule has 0 amide bonds. The molecule has 0 bridgehead atoms. The van der Waals surface area contributed by atoms with E-state index in [-0.39, 0.29) is 18.2 Å². The minimum Gasteiger partial charge on any atom is -0.466 e. The van der Waals surface area contributed by atoms with Crippen molar-refractivity contribution in [1.29, 1.82) is 0 Å². The topological polar surface area (TPSA) is 39.2 Å². The van der Waals surface area contributed by atoms with Crippen LogP contribution in [0.1, 0.15) is 30.2 Å². The second kappa shape index (κ2) is 6.47. The molecule has 20 heavy (non-hydrogen) atoms. The van der Waals surface area contributed by atoms with Crippen molar-refractivity contribution in [2.75, 3.05) is 6.61 Å². The number of hydrogen-bond acceptors (Lipinski definition) is 3. The van der Waals surface area contributed by atoms with Crippen molar-refractivity contribution < 1.29 is 31.5 Å². The summed E-state index contributed by atoms with van der Waals surface area (Å²) in [4.78, 5) is 14.4. The summed E-state index contributed by atoms with van der Waals surface area (Å²) in [5.74, 6) is -0.823. The second-order valence-electron chi connectivity index (χ2n) is 3.65. The summed E-state index contributed by atoms with van der Waals surface area (Å²) in [6.45, 7) is 1.56. The smallest absolute Gasteiger partial charge is 0.433 e. The summed E-state index contributed by atoms with van der Waals surface area (Å²) < 4.78 is 67.3. The van der Waals surface area contributed by atoms with Crippen LogP contribution < -0.4 is 0 Å². The van der Waals surface area contributed by atoms with E-state index in [0.29, 0.717) is 0 Å². The number of carbonyl (C=O) groups excluding carboxylic acids is 1. The fraction of sp³-hybridized carbons (Fsp3) is 0.455. The van der Waals surface area contributed by atoms with Crippen molar-refractivity contribution in [1.82, 2.24) is 4.98 Å². The van der Waals surface area contributed by atoms with Gasteiger partial charge in [-0.3, -0.25) is 4.79 Å². The molecule has 0 fully saturated rings. The van der Waals surface area contributed by atoms with E-state index in [2.05, 4.69) is 25.7 Å². The number of esters is 1. The lowest BCUT2D eigenvalue weighted by Gasteiger charge is -2.14. The van der Waals surface area contributed by atoms with Gasteiger partial charge >= 0.3 is 12.1 Å². The average molecular weight is 362 g/mol. The quantitative estimate of drug-likeness (QED) is 0.463. The lowest BCUT2D eigenvalue weighted by atomic mass is 10.1. The highest BCUT2D eigenvalue weighted by molar-refractivity contribution is 9.10. The Labute approximate surface area is 119 Å². The summed E-state index contributed by atoms with van der Waals surface area (Å²) in [5, 5.41) is 0. The van der Waals surface area contributed by atoms with Gasteiger partial charge in [-0.2, -0.15) is 13.2 Å². The number of rotatable bonds is 4. The van der Waals surface area contributed by atoms with E-state index >= 15 is 0 Å². The van der Waals surface area contributed by atoms with Gasteiger partial charge in [0.25, 0.3) is 6.43 Å². The molecule has 0 N–H and O–H groups in total. The molecule has 0 saturated carbocycles. The molecule has 1 aromatic heterocycles. The Morgan fingerprint density at radius 2 is 2.05 bits per heavy atom. The molecule has 0 atom stereocenters. The molecule has 1 aromatic rings. The van der Waals surface area contributed by atoms with E-state index < -0.39 is 40.9 Å². The first-order chi connectivity index (χ1) is 9.16. The van der Waals surface area contributed by atoms with Crippen LogP contribution >= 0.6 is 15.9 Å². The second-order valence-corrected chi connectivity index (χ2v) is 4.40. The molecule has 0 aromatic carbocycles. The molecule has 1 heterocycles. The van der Waals surface area contributed by atoms with Gasteiger partial charge in [0.1, 0.15) is 10.3 Å². The largest absolute Gasteiger partial charge is 0.466 e. The molecule has 0 radical (unpaired) electrons. The number of aromatic nitrogens is 1. The number of carbonyl (C=O) groups is 1. The first kappa shape index (κ1) is 16.8. The molecular weight excluding hydrogens is 353 g/mol. The predicted octanol–water partition coefficient (Wildman–Crippen LogP) is 3.91. The van der Waals surface area contributed by atoms with E-state index in [1.165, 1.54) is 6.92 Å². The zero-order chi connectivity index (χ0) is 15.5. The zero-order valence-corrected chi connectivity index (χ0v) is 11.7. The fourth-order valence-corrected chi connectivity index (χ4v) is 1.99. The van der Waals surface area contributed by atoms with Crippen molar-refractivity contribution in [2.45, 2.75) is 25.9 Å². The minimum absolute atomic E-state index is 0.0362. The predicted molar refractivity (Wildman–Crippen MR) is 62.2 cm³/mol. The van der Waals surface area contributed by atoms with Crippen LogP contribution in [0, 0.1) is 0 Å². The molecule has 1 rings (SSSR count). The van der Waals surface area contributed by atoms with Gasteiger partial charge in [0, 0.05) is 11.1 Å². The third-order valence-electron chi connectivity index (χ3n) is 2.26. The normalized spacial score (nSPS) is 11.8. The Kier molecular flexibility index (Phi) is 5.43. The van der Waals surface area contributed by atoms with E-state index in [9.17, 15) is 26.7 Å². The maximum absolute atomic E-state index is 12.8. The van der Waals surface area contributed by atoms with Gasteiger partial charge in [0.15, 0.2) is 0 Å². The molecule has 3 nitrogen and oxygen atoms in total. The van der Waals surface area contributed by atoms with Crippen LogP contribution in [0.15, 0.2) is 10.7 Å². The van der Waals surface area contributed by atoms with Gasteiger partial charge in [-0.15, -0.1) is 0 Å². The van der Waals surface area contributed by atoms with Crippen LogP contribution in [0.4, 0.5) is 22.0 Å². The van der Waals surface area contributed by atoms with Crippen LogP contribution in [0.5, 0.6) is 0 Å². The van der Waals surface area contributed by atoms with Crippen molar-refractivity contribution in [2.24, 2.45) is 0 Å². The van der Waals surface area contributed by atoms with E-state index in [1.807, 2.05) is 0 Å². The SMILES string of the molecule is CCOC(=O)Cc1c(C(F)F)cc(C(F)(F)F)nc1Br. The Morgan fingerprint density at radius 3 is 2.50 bits per heavy atom. The number of halogens is 6. The Hall–Kier alpha value is -1.25. The Balaban J connectivity index is 3.27. The highest BCUT2D eigenvalue weighted by atomic mass is 79.9. The highest BCUT2D eigenvalue weighted by Gasteiger charge is 2.35. The first-order valence-electron chi connectivity index (χ1n) is 5.37. The molecule has 0 aliphatic carbocycles. The molecule has 112 valence electrons. The number of ether oxygens (including phenoxy) is 1. The third-order valence-corrected chi connectivity index (χ3v) is 2.92. The van der Waals surface area contributed by atoms with Crippen molar-refractivity contribution in [3.05, 3.63) is 27.5 Å². The highest BCUT2D eigenvalue weighted by Crippen LogP contribution is 2.35. The zero-order valence-electron chi connectivity index (χ0n) is 10.1. The molecule has 0 unspecified atom stereocenters. The number of hydrogen-bond donors (Lipinski definition) is 0. The van der Waals surface area contributed by atoms with Gasteiger partial charge in [-0.25, -0.2) is 13.8 Å². The van der Waals surface area contributed by atoms with Gasteiger partial charge < -0.3 is 4.74 Å². The Bertz CT molecular complexity index is 504. The third kappa shape index (κ3) is 4.12. The summed E-state index contributed by atoms with van der Waals surface area (Å²) >= 11 is 2.69. The van der Waals surface area contributed by atoms with E-state index in [1.54, 1.807) is 0 Å². The number of alkyl halides is 5. The molecule has 0 spiro atoms. The maximum Gasteiger partial charge on any atom is 0.433 e. The van der Waals surface area contributed by atoms with Crippen molar-refractivity contribution >= 4 is 21.9 Å². The fourth-order valence-electron chi connectivity index (χ4n) is 1.43. The Morgan fingerprint density at radius 1 is 1.45 bits per heavy atom. The van der Waals surface area contributed by atoms with Gasteiger partial charge in [0.05, 0.1) is 13.0 Å². The molecule has 0 aliphatic rings. The monoisotopic (exact) mass is 361 g/mol. The lowest BCUT2D eigenvalue weighted by Crippen LogP contribution is -2.15. The molecular formula is C11H9BrF5NO2. The number of pyridine rings is 1. The van der Waals surface area contributed by atoms with Gasteiger partial charge in [0.2, 0.25) is 0 Å². The summed E-state index contributed by atoms with van der Waals surface area (Å²) in [6, 6.07) is 0.240. The average Bonchev–Trinajstić information content (AvgIpc) is 2.30. The van der Waals surface area contributed by atoms with Crippen LogP contribution in [0.25, 0.3) is 0 Å². The van der Waals surface area contributed by atoms with Crippen LogP contribution in [-0.2, 0) is 22.1 Å². The lowest BCUT2D eigenvalue weighted by molar-refractivity contribution is -0.142. The molecule has 0 saturated heterocycles. The van der Waals surface area contributed by atoms with E-state index in [0.717, 1.165) is 0 Å². The van der Waals surface area contributed by atoms with Crippen LogP contribution in [-0.4, -0.2) is 17.6 Å². The first-order valence-corrected chi connectivity index (χ1v) is 6.16. The van der Waals surface area contributed by atoms with Crippen LogP contribution in [0.2, 0.25) is 0 Å². The van der Waals surface area contributed by atoms with Crippen molar-refractivity contribution in [3.63, 3.8) is 0 Å². The maximum atomic E-state index is 12.8. The van der Waals surface area contributed by atoms with Crippen molar-refractivity contribution in [3.8, 4) is 0 Å². The van der Waals surface area contributed by atoms with Gasteiger partial charge in [-0.1, -0.05) is 0 Å². The number of nitrogens with zero attached hydrogens (tertiary/aromatic N) is 1. The standard InChI is InChI=1S/C11H9BrF5NO2/c1-2-20-8(19)4-5-6(10(13)14)3-7(11(15,16)17)18-9(5)12/h3,10H,2,4H2,1H3.